The highest BCUT2D eigenvalue weighted by molar-refractivity contribution is 5.41. The maximum Gasteiger partial charge on any atom is 0.121 e. The number of hydrogen-bond donors (Lipinski definition) is 1. The topological polar surface area (TPSA) is 39.1 Å². The van der Waals surface area contributed by atoms with E-state index in [1.807, 2.05) is 35.1 Å². The molecule has 4 heteroatoms. The maximum atomic E-state index is 5.24. The molecular weight excluding hydrogens is 214 g/mol. The molecule has 1 N–H and O–H groups in total. The van der Waals surface area contributed by atoms with Gasteiger partial charge >= 0.3 is 0 Å². The van der Waals surface area contributed by atoms with Crippen LogP contribution in [0.5, 0.6) is 5.75 Å². The summed E-state index contributed by atoms with van der Waals surface area (Å²) < 4.78 is 7.23. The van der Waals surface area contributed by atoms with Gasteiger partial charge in [-0.3, -0.25) is 0 Å². The smallest absolute Gasteiger partial charge is 0.121 e. The van der Waals surface area contributed by atoms with Gasteiger partial charge in [-0.1, -0.05) is 6.07 Å². The predicted molar refractivity (Wildman–Crippen MR) is 65.5 cm³/mol. The summed E-state index contributed by atoms with van der Waals surface area (Å²) in [5, 5.41) is 7.84. The van der Waals surface area contributed by atoms with Crippen molar-refractivity contribution >= 4 is 0 Å². The molecule has 1 aromatic carbocycles. The second-order valence-electron chi connectivity index (χ2n) is 4.16. The molecule has 88 valence electrons. The van der Waals surface area contributed by atoms with Crippen molar-refractivity contribution in [3.63, 3.8) is 0 Å². The highest BCUT2D eigenvalue weighted by Crippen LogP contribution is 2.21. The van der Waals surface area contributed by atoms with Crippen LogP contribution in [-0.2, 0) is 13.0 Å². The molecule has 0 atom stereocenters. The standard InChI is InChI=1S/C13H15N3O/c1-17-12-4-2-3-11(7-12)16-13-9-14-6-5-10(13)8-15-16/h2-4,7-8,14H,5-6,9H2,1H3. The largest absolute Gasteiger partial charge is 0.497 e. The maximum absolute atomic E-state index is 5.24. The summed E-state index contributed by atoms with van der Waals surface area (Å²) in [4.78, 5) is 0. The monoisotopic (exact) mass is 229 g/mol. The highest BCUT2D eigenvalue weighted by atomic mass is 16.5. The van der Waals surface area contributed by atoms with Gasteiger partial charge < -0.3 is 10.1 Å². The number of fused-ring (bicyclic) bond motifs is 1. The lowest BCUT2D eigenvalue weighted by atomic mass is 10.1. The van der Waals surface area contributed by atoms with Crippen molar-refractivity contribution in [3.8, 4) is 11.4 Å². The van der Waals surface area contributed by atoms with Gasteiger partial charge in [0.15, 0.2) is 0 Å². The quantitative estimate of drug-likeness (QED) is 0.848. The Balaban J connectivity index is 2.05. The average molecular weight is 229 g/mol. The third kappa shape index (κ3) is 1.80. The van der Waals surface area contributed by atoms with Gasteiger partial charge in [0.2, 0.25) is 0 Å². The van der Waals surface area contributed by atoms with E-state index in [4.69, 9.17) is 4.74 Å². The first-order valence-corrected chi connectivity index (χ1v) is 5.79. The van der Waals surface area contributed by atoms with Crippen LogP contribution in [0.4, 0.5) is 0 Å². The van der Waals surface area contributed by atoms with E-state index in [0.29, 0.717) is 0 Å². The van der Waals surface area contributed by atoms with E-state index in [1.54, 1.807) is 7.11 Å². The van der Waals surface area contributed by atoms with Crippen LogP contribution in [0.3, 0.4) is 0 Å². The second kappa shape index (κ2) is 4.22. The number of rotatable bonds is 2. The molecule has 0 fully saturated rings. The van der Waals surface area contributed by atoms with Gasteiger partial charge in [-0.05, 0) is 30.7 Å². The number of nitrogens with one attached hydrogen (secondary N) is 1. The number of hydrogen-bond acceptors (Lipinski definition) is 3. The van der Waals surface area contributed by atoms with Crippen LogP contribution in [0.25, 0.3) is 5.69 Å². The zero-order valence-electron chi connectivity index (χ0n) is 9.81. The minimum atomic E-state index is 0.857. The SMILES string of the molecule is COc1cccc(-n2ncc3c2CNCC3)c1. The molecule has 0 saturated heterocycles. The molecule has 0 amide bonds. The second-order valence-corrected chi connectivity index (χ2v) is 4.16. The van der Waals surface area contributed by atoms with Gasteiger partial charge in [0, 0.05) is 12.6 Å². The Morgan fingerprint density at radius 3 is 3.24 bits per heavy atom. The Bertz CT molecular complexity index is 533. The molecule has 0 unspecified atom stereocenters. The lowest BCUT2D eigenvalue weighted by molar-refractivity contribution is 0.414. The summed E-state index contributed by atoms with van der Waals surface area (Å²) in [6.45, 7) is 1.92. The van der Waals surface area contributed by atoms with Crippen LogP contribution >= 0.6 is 0 Å². The number of nitrogens with zero attached hydrogens (tertiary/aromatic N) is 2. The third-order valence-electron chi connectivity index (χ3n) is 3.12. The fourth-order valence-electron chi connectivity index (χ4n) is 2.20. The fraction of sp³-hybridized carbons (Fsp3) is 0.308. The Kier molecular flexibility index (Phi) is 2.57. The normalized spacial score (nSPS) is 14.4. The minimum absolute atomic E-state index is 0.857. The molecule has 0 aliphatic carbocycles. The lowest BCUT2D eigenvalue weighted by Gasteiger charge is -2.15. The van der Waals surface area contributed by atoms with Crippen LogP contribution in [0, 0.1) is 0 Å². The Morgan fingerprint density at radius 2 is 2.35 bits per heavy atom. The summed E-state index contributed by atoms with van der Waals surface area (Å²) in [6, 6.07) is 7.97. The summed E-state index contributed by atoms with van der Waals surface area (Å²) in [7, 11) is 1.68. The Morgan fingerprint density at radius 1 is 1.41 bits per heavy atom. The van der Waals surface area contributed by atoms with Crippen molar-refractivity contribution in [2.45, 2.75) is 13.0 Å². The zero-order chi connectivity index (χ0) is 11.7. The number of ether oxygens (including phenoxy) is 1. The van der Waals surface area contributed by atoms with E-state index in [1.165, 1.54) is 11.3 Å². The molecule has 4 nitrogen and oxygen atoms in total. The van der Waals surface area contributed by atoms with Gasteiger partial charge in [-0.2, -0.15) is 5.10 Å². The van der Waals surface area contributed by atoms with Crippen molar-refractivity contribution in [1.29, 1.82) is 0 Å². The molecular formula is C13H15N3O. The Labute approximate surface area is 100 Å². The van der Waals surface area contributed by atoms with Crippen molar-refractivity contribution in [2.24, 2.45) is 0 Å². The summed E-state index contributed by atoms with van der Waals surface area (Å²) in [6.07, 6.45) is 3.02. The molecule has 1 aliphatic rings. The van der Waals surface area contributed by atoms with E-state index in [9.17, 15) is 0 Å². The van der Waals surface area contributed by atoms with E-state index in [0.717, 1.165) is 30.9 Å². The number of methoxy groups -OCH3 is 1. The van der Waals surface area contributed by atoms with E-state index in [2.05, 4.69) is 10.4 Å². The molecule has 1 aromatic heterocycles. The summed E-state index contributed by atoms with van der Waals surface area (Å²) in [5.41, 5.74) is 3.64. The molecule has 17 heavy (non-hydrogen) atoms. The van der Waals surface area contributed by atoms with Gasteiger partial charge in [0.1, 0.15) is 5.75 Å². The van der Waals surface area contributed by atoms with Crippen LogP contribution < -0.4 is 10.1 Å². The first-order chi connectivity index (χ1) is 8.38. The molecule has 1 aliphatic heterocycles. The molecule has 0 radical (unpaired) electrons. The van der Waals surface area contributed by atoms with Gasteiger partial charge in [-0.15, -0.1) is 0 Å². The van der Waals surface area contributed by atoms with Gasteiger partial charge in [0.05, 0.1) is 24.7 Å². The highest BCUT2D eigenvalue weighted by Gasteiger charge is 2.15. The first kappa shape index (κ1) is 10.4. The molecule has 0 saturated carbocycles. The predicted octanol–water partition coefficient (Wildman–Crippen LogP) is 1.53. The van der Waals surface area contributed by atoms with Crippen molar-refractivity contribution in [1.82, 2.24) is 15.1 Å². The summed E-state index contributed by atoms with van der Waals surface area (Å²) in [5.74, 6) is 0.857. The Hall–Kier alpha value is -1.81. The number of benzene rings is 1. The van der Waals surface area contributed by atoms with Crippen LogP contribution in [-0.4, -0.2) is 23.4 Å². The fourth-order valence-corrected chi connectivity index (χ4v) is 2.20. The van der Waals surface area contributed by atoms with Gasteiger partial charge in [-0.25, -0.2) is 4.68 Å². The van der Waals surface area contributed by atoms with E-state index >= 15 is 0 Å². The molecule has 2 aromatic rings. The van der Waals surface area contributed by atoms with E-state index < -0.39 is 0 Å². The van der Waals surface area contributed by atoms with Crippen LogP contribution in [0.1, 0.15) is 11.3 Å². The average Bonchev–Trinajstić information content (AvgIpc) is 2.82. The zero-order valence-corrected chi connectivity index (χ0v) is 9.81. The lowest BCUT2D eigenvalue weighted by Crippen LogP contribution is -2.24. The van der Waals surface area contributed by atoms with Crippen molar-refractivity contribution in [3.05, 3.63) is 41.7 Å². The summed E-state index contributed by atoms with van der Waals surface area (Å²) >= 11 is 0. The third-order valence-corrected chi connectivity index (χ3v) is 3.12. The number of aromatic nitrogens is 2. The van der Waals surface area contributed by atoms with Gasteiger partial charge in [0.25, 0.3) is 0 Å². The molecule has 0 bridgehead atoms. The molecule has 3 rings (SSSR count). The van der Waals surface area contributed by atoms with Crippen LogP contribution in [0.15, 0.2) is 30.5 Å². The minimum Gasteiger partial charge on any atom is -0.497 e. The van der Waals surface area contributed by atoms with E-state index in [-0.39, 0.29) is 0 Å². The van der Waals surface area contributed by atoms with Crippen molar-refractivity contribution < 1.29 is 4.74 Å². The molecule has 0 spiro atoms. The first-order valence-electron chi connectivity index (χ1n) is 5.79. The van der Waals surface area contributed by atoms with Crippen LogP contribution in [0.2, 0.25) is 0 Å². The molecule has 2 heterocycles. The van der Waals surface area contributed by atoms with Crippen molar-refractivity contribution in [2.75, 3.05) is 13.7 Å².